The van der Waals surface area contributed by atoms with Crippen molar-refractivity contribution in [2.45, 2.75) is 59.7 Å². The van der Waals surface area contributed by atoms with Gasteiger partial charge in [-0.05, 0) is 31.7 Å². The van der Waals surface area contributed by atoms with E-state index in [1.165, 1.54) is 6.92 Å². The molecule has 0 rings (SSSR count). The van der Waals surface area contributed by atoms with Crippen molar-refractivity contribution < 1.29 is 13.2 Å². The summed E-state index contributed by atoms with van der Waals surface area (Å²) in [5.41, 5.74) is 0.126. The molecule has 0 aliphatic carbocycles. The van der Waals surface area contributed by atoms with E-state index in [1.807, 2.05) is 6.92 Å². The second-order valence-electron chi connectivity index (χ2n) is 5.25. The van der Waals surface area contributed by atoms with Gasteiger partial charge in [-0.1, -0.05) is 27.7 Å². The molecule has 1 N–H and O–H groups in total. The number of halogens is 3. The Kier molecular flexibility index (Phi) is 5.80. The topological polar surface area (TPSA) is 12.0 Å². The van der Waals surface area contributed by atoms with Gasteiger partial charge >= 0.3 is 6.18 Å². The fourth-order valence-electron chi connectivity index (χ4n) is 1.26. The van der Waals surface area contributed by atoms with Crippen LogP contribution in [0.4, 0.5) is 13.2 Å². The average molecular weight is 239 g/mol. The molecule has 16 heavy (non-hydrogen) atoms. The van der Waals surface area contributed by atoms with Crippen LogP contribution in [0.2, 0.25) is 0 Å². The second-order valence-corrected chi connectivity index (χ2v) is 5.25. The number of hydrogen-bond acceptors (Lipinski definition) is 1. The molecular formula is C12H24F3N. The minimum atomic E-state index is -4.06. The van der Waals surface area contributed by atoms with Gasteiger partial charge in [0.1, 0.15) is 0 Å². The second kappa shape index (κ2) is 5.89. The van der Waals surface area contributed by atoms with Crippen LogP contribution in [0.3, 0.4) is 0 Å². The monoisotopic (exact) mass is 239 g/mol. The fraction of sp³-hybridized carbons (Fsp3) is 1.00. The summed E-state index contributed by atoms with van der Waals surface area (Å²) in [5, 5.41) is 3.18. The van der Waals surface area contributed by atoms with Crippen LogP contribution >= 0.6 is 0 Å². The van der Waals surface area contributed by atoms with Gasteiger partial charge in [0.05, 0.1) is 5.92 Å². The quantitative estimate of drug-likeness (QED) is 0.739. The average Bonchev–Trinajstić information content (AvgIpc) is 2.15. The zero-order valence-electron chi connectivity index (χ0n) is 10.9. The maximum absolute atomic E-state index is 12.2. The van der Waals surface area contributed by atoms with E-state index in [9.17, 15) is 13.2 Å². The van der Waals surface area contributed by atoms with Crippen molar-refractivity contribution in [3.8, 4) is 0 Å². The van der Waals surface area contributed by atoms with Gasteiger partial charge in [-0.25, -0.2) is 0 Å². The van der Waals surface area contributed by atoms with Crippen molar-refractivity contribution in [1.82, 2.24) is 5.32 Å². The van der Waals surface area contributed by atoms with Crippen LogP contribution in [0.25, 0.3) is 0 Å². The highest BCUT2D eigenvalue weighted by molar-refractivity contribution is 4.79. The Bertz CT molecular complexity index is 199. The summed E-state index contributed by atoms with van der Waals surface area (Å²) in [6, 6.07) is 0.234. The fourth-order valence-corrected chi connectivity index (χ4v) is 1.26. The van der Waals surface area contributed by atoms with E-state index in [2.05, 4.69) is 26.1 Å². The van der Waals surface area contributed by atoms with Crippen LogP contribution in [-0.4, -0.2) is 18.8 Å². The van der Waals surface area contributed by atoms with Crippen molar-refractivity contribution in [1.29, 1.82) is 0 Å². The van der Waals surface area contributed by atoms with Gasteiger partial charge in [0.15, 0.2) is 0 Å². The summed E-state index contributed by atoms with van der Waals surface area (Å²) in [7, 11) is 0. The zero-order chi connectivity index (χ0) is 13.0. The van der Waals surface area contributed by atoms with E-state index in [-0.39, 0.29) is 17.9 Å². The van der Waals surface area contributed by atoms with E-state index in [0.717, 1.165) is 6.42 Å². The lowest BCUT2D eigenvalue weighted by atomic mass is 9.83. The van der Waals surface area contributed by atoms with E-state index in [4.69, 9.17) is 0 Å². The van der Waals surface area contributed by atoms with Gasteiger partial charge in [0.25, 0.3) is 0 Å². The van der Waals surface area contributed by atoms with Gasteiger partial charge in [-0.3, -0.25) is 0 Å². The molecule has 2 atom stereocenters. The number of nitrogens with one attached hydrogen (secondary N) is 1. The Morgan fingerprint density at radius 1 is 1.12 bits per heavy atom. The zero-order valence-corrected chi connectivity index (χ0v) is 10.9. The lowest BCUT2D eigenvalue weighted by molar-refractivity contribution is -0.170. The minimum Gasteiger partial charge on any atom is -0.314 e. The predicted molar refractivity (Wildman–Crippen MR) is 61.4 cm³/mol. The third kappa shape index (κ3) is 5.19. The highest BCUT2D eigenvalue weighted by Crippen LogP contribution is 2.28. The van der Waals surface area contributed by atoms with E-state index in [1.54, 1.807) is 0 Å². The molecule has 0 bridgehead atoms. The third-order valence-electron chi connectivity index (χ3n) is 3.67. The Morgan fingerprint density at radius 3 is 2.00 bits per heavy atom. The Balaban J connectivity index is 3.92. The first-order chi connectivity index (χ1) is 7.11. The van der Waals surface area contributed by atoms with Crippen LogP contribution in [0.1, 0.15) is 47.5 Å². The molecule has 0 fully saturated rings. The Morgan fingerprint density at radius 2 is 1.62 bits per heavy atom. The van der Waals surface area contributed by atoms with Crippen molar-refractivity contribution in [2.24, 2.45) is 11.3 Å². The van der Waals surface area contributed by atoms with Gasteiger partial charge in [0, 0.05) is 6.04 Å². The summed E-state index contributed by atoms with van der Waals surface area (Å²) in [4.78, 5) is 0. The van der Waals surface area contributed by atoms with E-state index < -0.39 is 12.1 Å². The maximum atomic E-state index is 12.2. The molecule has 0 aromatic carbocycles. The lowest BCUT2D eigenvalue weighted by Crippen LogP contribution is -2.40. The predicted octanol–water partition coefficient (Wildman–Crippen LogP) is 3.99. The van der Waals surface area contributed by atoms with Crippen molar-refractivity contribution in [3.63, 3.8) is 0 Å². The molecule has 0 heterocycles. The first-order valence-electron chi connectivity index (χ1n) is 5.91. The highest BCUT2D eigenvalue weighted by Gasteiger charge is 2.35. The summed E-state index contributed by atoms with van der Waals surface area (Å²) >= 11 is 0. The summed E-state index contributed by atoms with van der Waals surface area (Å²) in [6.45, 7) is 10.0. The number of rotatable bonds is 6. The molecule has 0 saturated heterocycles. The molecule has 2 unspecified atom stereocenters. The highest BCUT2D eigenvalue weighted by atomic mass is 19.4. The molecule has 0 aliphatic heterocycles. The lowest BCUT2D eigenvalue weighted by Gasteiger charge is -2.32. The number of alkyl halides is 3. The van der Waals surface area contributed by atoms with Gasteiger partial charge < -0.3 is 5.32 Å². The molecule has 1 nitrogen and oxygen atoms in total. The SMILES string of the molecule is CCC(C)(C)C(C)NCCC(C)C(F)(F)F. The van der Waals surface area contributed by atoms with Crippen molar-refractivity contribution in [2.75, 3.05) is 6.54 Å². The molecule has 0 amide bonds. The normalized spacial score (nSPS) is 17.2. The molecule has 0 spiro atoms. The first-order valence-corrected chi connectivity index (χ1v) is 5.91. The summed E-state index contributed by atoms with van der Waals surface area (Å²) in [5.74, 6) is -1.23. The molecular weight excluding hydrogens is 215 g/mol. The number of hydrogen-bond donors (Lipinski definition) is 1. The van der Waals surface area contributed by atoms with Crippen LogP contribution in [-0.2, 0) is 0 Å². The molecule has 0 aromatic heterocycles. The summed E-state index contributed by atoms with van der Waals surface area (Å²) < 4.78 is 36.7. The van der Waals surface area contributed by atoms with Gasteiger partial charge in [-0.15, -0.1) is 0 Å². The van der Waals surface area contributed by atoms with E-state index in [0.29, 0.717) is 6.54 Å². The Labute approximate surface area is 96.8 Å². The van der Waals surface area contributed by atoms with Gasteiger partial charge in [-0.2, -0.15) is 13.2 Å². The standard InChI is InChI=1S/C12H24F3N/c1-6-11(4,5)10(3)16-8-7-9(2)12(13,14)15/h9-10,16H,6-8H2,1-5H3. The van der Waals surface area contributed by atoms with Crippen LogP contribution in [0.15, 0.2) is 0 Å². The molecule has 4 heteroatoms. The Hall–Kier alpha value is -0.250. The molecule has 0 saturated carbocycles. The van der Waals surface area contributed by atoms with Crippen LogP contribution < -0.4 is 5.32 Å². The smallest absolute Gasteiger partial charge is 0.314 e. The molecule has 0 aliphatic rings. The van der Waals surface area contributed by atoms with Crippen molar-refractivity contribution in [3.05, 3.63) is 0 Å². The van der Waals surface area contributed by atoms with E-state index >= 15 is 0 Å². The van der Waals surface area contributed by atoms with Gasteiger partial charge in [0.2, 0.25) is 0 Å². The third-order valence-corrected chi connectivity index (χ3v) is 3.67. The van der Waals surface area contributed by atoms with Crippen LogP contribution in [0, 0.1) is 11.3 Å². The van der Waals surface area contributed by atoms with Crippen molar-refractivity contribution >= 4 is 0 Å². The first kappa shape index (κ1) is 15.8. The summed E-state index contributed by atoms with van der Waals surface area (Å²) in [6.07, 6.45) is -2.91. The van der Waals surface area contributed by atoms with Crippen LogP contribution in [0.5, 0.6) is 0 Å². The largest absolute Gasteiger partial charge is 0.391 e. The molecule has 0 radical (unpaired) electrons. The molecule has 0 aromatic rings. The molecule has 98 valence electrons. The minimum absolute atomic E-state index is 0.126. The maximum Gasteiger partial charge on any atom is 0.391 e.